The third-order valence-corrected chi connectivity index (χ3v) is 4.05. The lowest BCUT2D eigenvalue weighted by Crippen LogP contribution is -2.03. The van der Waals surface area contributed by atoms with Crippen LogP contribution in [0.15, 0.2) is 42.7 Å². The summed E-state index contributed by atoms with van der Waals surface area (Å²) in [6, 6.07) is 11.2. The maximum atomic E-state index is 8.88. The van der Waals surface area contributed by atoms with Crippen molar-refractivity contribution < 1.29 is 4.74 Å². The number of hydrogen-bond acceptors (Lipinski definition) is 7. The predicted octanol–water partition coefficient (Wildman–Crippen LogP) is 3.99. The highest BCUT2D eigenvalue weighted by atomic mass is 16.5. The molecule has 7 nitrogen and oxygen atoms in total. The number of hydrogen-bond donors (Lipinski definition) is 2. The third-order valence-electron chi connectivity index (χ3n) is 4.05. The van der Waals surface area contributed by atoms with Gasteiger partial charge in [-0.1, -0.05) is 32.1 Å². The summed E-state index contributed by atoms with van der Waals surface area (Å²) < 4.78 is 5.96. The van der Waals surface area contributed by atoms with Crippen molar-refractivity contribution in [1.82, 2.24) is 15.0 Å². The van der Waals surface area contributed by atoms with Crippen LogP contribution in [0.5, 0.6) is 11.5 Å². The van der Waals surface area contributed by atoms with Gasteiger partial charge in [-0.05, 0) is 29.7 Å². The van der Waals surface area contributed by atoms with E-state index in [9.17, 15) is 0 Å². The maximum absolute atomic E-state index is 8.88. The van der Waals surface area contributed by atoms with E-state index in [-0.39, 0.29) is 17.7 Å². The van der Waals surface area contributed by atoms with Crippen LogP contribution >= 0.6 is 0 Å². The van der Waals surface area contributed by atoms with Crippen LogP contribution in [0, 0.1) is 11.3 Å². The normalized spacial score (nSPS) is 10.9. The van der Waals surface area contributed by atoms with Crippen molar-refractivity contribution in [3.8, 4) is 17.6 Å². The lowest BCUT2D eigenvalue weighted by Gasteiger charge is -2.14. The van der Waals surface area contributed by atoms with Crippen molar-refractivity contribution in [2.24, 2.45) is 0 Å². The van der Waals surface area contributed by atoms with Gasteiger partial charge in [-0.25, -0.2) is 4.98 Å². The lowest BCUT2D eigenvalue weighted by molar-refractivity contribution is 0.470. The van der Waals surface area contributed by atoms with E-state index in [2.05, 4.69) is 34.9 Å². The summed E-state index contributed by atoms with van der Waals surface area (Å²) in [6.07, 6.45) is 7.03. The van der Waals surface area contributed by atoms with E-state index in [4.69, 9.17) is 21.5 Å². The Kier molecular flexibility index (Phi) is 5.51. The van der Waals surface area contributed by atoms with Crippen LogP contribution < -0.4 is 16.2 Å². The molecular weight excluding hydrogens is 352 g/mol. The molecule has 0 atom stereocenters. The van der Waals surface area contributed by atoms with E-state index in [1.54, 1.807) is 18.3 Å². The van der Waals surface area contributed by atoms with Crippen LogP contribution in [0.4, 0.5) is 11.8 Å². The van der Waals surface area contributed by atoms with Gasteiger partial charge in [0.05, 0.1) is 23.5 Å². The number of pyridine rings is 1. The van der Waals surface area contributed by atoms with Crippen molar-refractivity contribution in [3.63, 3.8) is 0 Å². The molecule has 0 aliphatic carbocycles. The molecule has 2 aromatic heterocycles. The largest absolute Gasteiger partial charge is 0.451 e. The number of anilines is 2. The Labute approximate surface area is 163 Å². The van der Waals surface area contributed by atoms with Crippen LogP contribution in [0.3, 0.4) is 0 Å². The Hall–Kier alpha value is -3.92. The van der Waals surface area contributed by atoms with Gasteiger partial charge in [-0.15, -0.1) is 0 Å². The van der Waals surface area contributed by atoms with Crippen molar-refractivity contribution >= 4 is 23.9 Å². The molecule has 0 saturated heterocycles. The first kappa shape index (κ1) is 18.9. The Morgan fingerprint density at radius 2 is 1.79 bits per heavy atom. The molecule has 7 heteroatoms. The van der Waals surface area contributed by atoms with Crippen LogP contribution in [0.1, 0.15) is 42.1 Å². The molecule has 0 bridgehead atoms. The van der Waals surface area contributed by atoms with E-state index in [1.807, 2.05) is 30.4 Å². The SMILES string of the molecule is CC(C)c1cnc(/C=C/c2ccc(C#N)cc2)cc1Oc1cnc(N)nc1N. The average Bonchev–Trinajstić information content (AvgIpc) is 2.69. The minimum absolute atomic E-state index is 0.0923. The summed E-state index contributed by atoms with van der Waals surface area (Å²) in [4.78, 5) is 12.3. The van der Waals surface area contributed by atoms with Gasteiger partial charge >= 0.3 is 0 Å². The van der Waals surface area contributed by atoms with Gasteiger partial charge in [0.25, 0.3) is 0 Å². The quantitative estimate of drug-likeness (QED) is 0.693. The van der Waals surface area contributed by atoms with E-state index in [1.165, 1.54) is 6.20 Å². The minimum atomic E-state index is 0.0923. The van der Waals surface area contributed by atoms with Crippen molar-refractivity contribution in [1.29, 1.82) is 5.26 Å². The molecule has 0 aliphatic heterocycles. The molecule has 0 amide bonds. The molecule has 0 unspecified atom stereocenters. The Bertz CT molecular complexity index is 1050. The number of ether oxygens (including phenoxy) is 1. The second-order valence-electron chi connectivity index (χ2n) is 6.45. The molecule has 0 radical (unpaired) electrons. The van der Waals surface area contributed by atoms with Gasteiger partial charge < -0.3 is 16.2 Å². The second kappa shape index (κ2) is 8.18. The first-order valence-electron chi connectivity index (χ1n) is 8.70. The van der Waals surface area contributed by atoms with Gasteiger partial charge in [0.2, 0.25) is 5.95 Å². The van der Waals surface area contributed by atoms with Gasteiger partial charge in [-0.3, -0.25) is 4.98 Å². The Morgan fingerprint density at radius 1 is 1.04 bits per heavy atom. The number of rotatable bonds is 5. The maximum Gasteiger partial charge on any atom is 0.222 e. The fourth-order valence-electron chi connectivity index (χ4n) is 2.52. The molecule has 140 valence electrons. The zero-order valence-corrected chi connectivity index (χ0v) is 15.6. The van der Waals surface area contributed by atoms with Crippen LogP contribution in [-0.4, -0.2) is 15.0 Å². The fraction of sp³-hybridized carbons (Fsp3) is 0.143. The van der Waals surface area contributed by atoms with Crippen LogP contribution in [0.25, 0.3) is 12.2 Å². The van der Waals surface area contributed by atoms with Crippen LogP contribution in [0.2, 0.25) is 0 Å². The lowest BCUT2D eigenvalue weighted by atomic mass is 10.0. The summed E-state index contributed by atoms with van der Waals surface area (Å²) in [7, 11) is 0. The number of nitrogens with two attached hydrogens (primary N) is 2. The summed E-state index contributed by atoms with van der Waals surface area (Å²) in [5.74, 6) is 1.44. The standard InChI is InChI=1S/C21H20N6O/c1-13(2)17-11-25-16(8-7-14-3-5-15(10-22)6-4-14)9-18(17)28-19-12-26-21(24)27-20(19)23/h3-9,11-13H,1-2H3,(H4,23,24,26,27)/b8-7+. The molecular formula is C21H20N6O. The second-order valence-corrected chi connectivity index (χ2v) is 6.45. The number of nitrogen functional groups attached to an aromatic ring is 2. The van der Waals surface area contributed by atoms with Crippen molar-refractivity contribution in [3.05, 3.63) is 65.1 Å². The molecule has 0 fully saturated rings. The molecule has 0 saturated carbocycles. The summed E-state index contributed by atoms with van der Waals surface area (Å²) in [6.45, 7) is 4.11. The van der Waals surface area contributed by atoms with Crippen LogP contribution in [-0.2, 0) is 0 Å². The molecule has 3 aromatic rings. The minimum Gasteiger partial charge on any atom is -0.451 e. The molecule has 0 spiro atoms. The van der Waals surface area contributed by atoms with E-state index in [0.717, 1.165) is 16.8 Å². The first-order valence-corrected chi connectivity index (χ1v) is 8.70. The smallest absolute Gasteiger partial charge is 0.222 e. The summed E-state index contributed by atoms with van der Waals surface area (Å²) >= 11 is 0. The zero-order chi connectivity index (χ0) is 20.1. The predicted molar refractivity (Wildman–Crippen MR) is 109 cm³/mol. The van der Waals surface area contributed by atoms with E-state index in [0.29, 0.717) is 17.1 Å². The number of nitrogens with zero attached hydrogens (tertiary/aromatic N) is 4. The van der Waals surface area contributed by atoms with E-state index >= 15 is 0 Å². The highest BCUT2D eigenvalue weighted by molar-refractivity contribution is 5.69. The van der Waals surface area contributed by atoms with Crippen molar-refractivity contribution in [2.45, 2.75) is 19.8 Å². The molecule has 0 aliphatic rings. The Morgan fingerprint density at radius 3 is 2.43 bits per heavy atom. The molecule has 2 heterocycles. The highest BCUT2D eigenvalue weighted by Gasteiger charge is 2.13. The van der Waals surface area contributed by atoms with E-state index < -0.39 is 0 Å². The summed E-state index contributed by atoms with van der Waals surface area (Å²) in [5.41, 5.74) is 14.7. The van der Waals surface area contributed by atoms with Gasteiger partial charge in [0.1, 0.15) is 5.75 Å². The third kappa shape index (κ3) is 4.43. The molecule has 4 N–H and O–H groups in total. The highest BCUT2D eigenvalue weighted by Crippen LogP contribution is 2.32. The first-order chi connectivity index (χ1) is 13.5. The van der Waals surface area contributed by atoms with Gasteiger partial charge in [0.15, 0.2) is 11.6 Å². The fourth-order valence-corrected chi connectivity index (χ4v) is 2.52. The number of benzene rings is 1. The molecule has 3 rings (SSSR count). The number of nitriles is 1. The molecule has 1 aromatic carbocycles. The van der Waals surface area contributed by atoms with Gasteiger partial charge in [0, 0.05) is 17.8 Å². The van der Waals surface area contributed by atoms with Gasteiger partial charge in [-0.2, -0.15) is 10.2 Å². The summed E-state index contributed by atoms with van der Waals surface area (Å²) in [5, 5.41) is 8.88. The van der Waals surface area contributed by atoms with Crippen molar-refractivity contribution in [2.75, 3.05) is 11.5 Å². The monoisotopic (exact) mass is 372 g/mol. The average molecular weight is 372 g/mol. The topological polar surface area (TPSA) is 124 Å². The molecule has 28 heavy (non-hydrogen) atoms. The number of aromatic nitrogens is 3. The zero-order valence-electron chi connectivity index (χ0n) is 15.6. The Balaban J connectivity index is 1.90.